The molecule has 6 nitrogen and oxygen atoms in total. The summed E-state index contributed by atoms with van der Waals surface area (Å²) in [5, 5.41) is 14.8. The number of piperazine rings is 1. The molecule has 1 aromatic rings. The Labute approximate surface area is 153 Å². The zero-order valence-corrected chi connectivity index (χ0v) is 15.8. The molecule has 7 heteroatoms. The zero-order chi connectivity index (χ0) is 18.7. The van der Waals surface area contributed by atoms with Crippen LogP contribution in [0, 0.1) is 6.92 Å². The van der Waals surface area contributed by atoms with Crippen LogP contribution >= 0.6 is 11.8 Å². The van der Waals surface area contributed by atoms with Crippen molar-refractivity contribution in [3.8, 4) is 0 Å². The average molecular weight is 368 g/mol. The van der Waals surface area contributed by atoms with Crippen LogP contribution in [0.3, 0.4) is 0 Å². The lowest BCUT2D eigenvalue weighted by Gasteiger charge is -2.33. The van der Waals surface area contributed by atoms with Gasteiger partial charge in [0.25, 0.3) is 0 Å². The number of carbonyl (C=O) groups is 2. The van der Waals surface area contributed by atoms with Gasteiger partial charge in [-0.2, -0.15) is 0 Å². The largest absolute Gasteiger partial charge is 0.473 e. The highest BCUT2D eigenvalue weighted by Gasteiger charge is 2.14. The fraction of sp³-hybridized carbons (Fsp3) is 0.556. The first-order chi connectivity index (χ1) is 11.9. The number of carboxylic acid groups (broad SMARTS) is 2. The molecule has 1 saturated heterocycles. The fourth-order valence-electron chi connectivity index (χ4n) is 2.44. The lowest BCUT2D eigenvalue weighted by atomic mass is 10.2. The van der Waals surface area contributed by atoms with Gasteiger partial charge in [-0.1, -0.05) is 24.6 Å². The molecule has 0 bridgehead atoms. The van der Waals surface area contributed by atoms with Crippen LogP contribution in [0.4, 0.5) is 0 Å². The summed E-state index contributed by atoms with van der Waals surface area (Å²) in [6, 6.07) is 8.87. The molecule has 2 rings (SSSR count). The van der Waals surface area contributed by atoms with E-state index in [0.717, 1.165) is 0 Å². The van der Waals surface area contributed by atoms with E-state index in [4.69, 9.17) is 19.8 Å². The first-order valence-electron chi connectivity index (χ1n) is 8.52. The Balaban J connectivity index is 0.000000450. The number of benzene rings is 1. The van der Waals surface area contributed by atoms with Crippen LogP contribution in [-0.4, -0.2) is 77.0 Å². The number of likely N-dealkylation sites (N-methyl/N-ethyl adjacent to an activating group) is 1. The maximum atomic E-state index is 9.10. The van der Waals surface area contributed by atoms with Crippen LogP contribution in [0.1, 0.15) is 18.9 Å². The molecular formula is C18H28N2O4S. The van der Waals surface area contributed by atoms with Gasteiger partial charge in [0.15, 0.2) is 0 Å². The first-order valence-corrected chi connectivity index (χ1v) is 9.51. The van der Waals surface area contributed by atoms with Crippen molar-refractivity contribution in [3.05, 3.63) is 29.8 Å². The average Bonchev–Trinajstić information content (AvgIpc) is 2.61. The molecule has 0 aromatic heterocycles. The molecule has 0 atom stereocenters. The van der Waals surface area contributed by atoms with Gasteiger partial charge in [0, 0.05) is 31.1 Å². The van der Waals surface area contributed by atoms with Crippen molar-refractivity contribution in [2.45, 2.75) is 25.2 Å². The molecule has 1 fully saturated rings. The van der Waals surface area contributed by atoms with E-state index < -0.39 is 11.9 Å². The second-order valence-corrected chi connectivity index (χ2v) is 7.07. The Morgan fingerprint density at radius 2 is 1.52 bits per heavy atom. The highest BCUT2D eigenvalue weighted by molar-refractivity contribution is 7.99. The Bertz CT molecular complexity index is 516. The molecule has 25 heavy (non-hydrogen) atoms. The Hall–Kier alpha value is -1.57. The molecule has 1 heterocycles. The van der Waals surface area contributed by atoms with E-state index in [-0.39, 0.29) is 0 Å². The summed E-state index contributed by atoms with van der Waals surface area (Å²) < 4.78 is 0. The normalized spacial score (nSPS) is 15.3. The third-order valence-corrected chi connectivity index (χ3v) is 5.10. The number of carboxylic acids is 2. The van der Waals surface area contributed by atoms with Gasteiger partial charge in [-0.25, -0.2) is 9.59 Å². The van der Waals surface area contributed by atoms with Crippen molar-refractivity contribution in [1.29, 1.82) is 0 Å². The second kappa shape index (κ2) is 11.9. The van der Waals surface area contributed by atoms with Gasteiger partial charge >= 0.3 is 11.9 Å². The van der Waals surface area contributed by atoms with Crippen LogP contribution in [0.25, 0.3) is 0 Å². The lowest BCUT2D eigenvalue weighted by molar-refractivity contribution is -0.159. The fourth-order valence-corrected chi connectivity index (χ4v) is 3.28. The Morgan fingerprint density at radius 3 is 2.00 bits per heavy atom. The number of hydrogen-bond donors (Lipinski definition) is 2. The summed E-state index contributed by atoms with van der Waals surface area (Å²) in [6.07, 6.45) is 1.30. The molecule has 0 saturated carbocycles. The molecule has 1 aliphatic heterocycles. The van der Waals surface area contributed by atoms with E-state index in [1.165, 1.54) is 61.9 Å². The van der Waals surface area contributed by atoms with Crippen LogP contribution in [0.5, 0.6) is 0 Å². The van der Waals surface area contributed by atoms with Gasteiger partial charge < -0.3 is 20.0 Å². The summed E-state index contributed by atoms with van der Waals surface area (Å²) in [6.45, 7) is 11.9. The summed E-state index contributed by atoms with van der Waals surface area (Å²) in [4.78, 5) is 24.8. The predicted molar refractivity (Wildman–Crippen MR) is 100 cm³/mol. The topological polar surface area (TPSA) is 81.1 Å². The van der Waals surface area contributed by atoms with Gasteiger partial charge in [0.05, 0.1) is 0 Å². The van der Waals surface area contributed by atoms with Crippen LogP contribution in [0.15, 0.2) is 29.2 Å². The highest BCUT2D eigenvalue weighted by atomic mass is 32.2. The van der Waals surface area contributed by atoms with E-state index in [1.54, 1.807) is 0 Å². The Morgan fingerprint density at radius 1 is 1.00 bits per heavy atom. The van der Waals surface area contributed by atoms with Gasteiger partial charge in [-0.3, -0.25) is 0 Å². The minimum atomic E-state index is -1.82. The Kier molecular flexibility index (Phi) is 10.2. The molecule has 0 spiro atoms. The molecular weight excluding hydrogens is 340 g/mol. The molecule has 1 aromatic carbocycles. The van der Waals surface area contributed by atoms with Crippen molar-refractivity contribution in [1.82, 2.24) is 9.80 Å². The van der Waals surface area contributed by atoms with E-state index in [0.29, 0.717) is 0 Å². The third kappa shape index (κ3) is 9.48. The standard InChI is InChI=1S/C16H26N2S.C2H2O4/c1-3-17-10-12-18(13-11-17)9-4-14-19-16-7-5-15(2)6-8-16;3-1(4)2(5)6/h5-8H,3-4,9-14H2,1-2H3;(H,3,4)(H,5,6). The highest BCUT2D eigenvalue weighted by Crippen LogP contribution is 2.19. The molecule has 0 radical (unpaired) electrons. The van der Waals surface area contributed by atoms with Gasteiger partial charge in [-0.05, 0) is 44.3 Å². The molecule has 0 amide bonds. The quantitative estimate of drug-likeness (QED) is 0.453. The number of hydrogen-bond acceptors (Lipinski definition) is 5. The zero-order valence-electron chi connectivity index (χ0n) is 15.0. The van der Waals surface area contributed by atoms with E-state index >= 15 is 0 Å². The van der Waals surface area contributed by atoms with Crippen molar-refractivity contribution in [3.63, 3.8) is 0 Å². The minimum Gasteiger partial charge on any atom is -0.473 e. The van der Waals surface area contributed by atoms with E-state index in [9.17, 15) is 0 Å². The first kappa shape index (κ1) is 21.5. The number of thioether (sulfide) groups is 1. The lowest BCUT2D eigenvalue weighted by Crippen LogP contribution is -2.46. The number of aliphatic carboxylic acids is 2. The minimum absolute atomic E-state index is 1.21. The monoisotopic (exact) mass is 368 g/mol. The molecule has 2 N–H and O–H groups in total. The third-order valence-electron chi connectivity index (χ3n) is 4.00. The summed E-state index contributed by atoms with van der Waals surface area (Å²) in [7, 11) is 0. The molecule has 0 unspecified atom stereocenters. The number of nitrogens with zero attached hydrogens (tertiary/aromatic N) is 2. The molecule has 1 aliphatic rings. The molecule has 0 aliphatic carbocycles. The van der Waals surface area contributed by atoms with Crippen molar-refractivity contribution < 1.29 is 19.8 Å². The SMILES string of the molecule is CCN1CCN(CCCSc2ccc(C)cc2)CC1.O=C(O)C(=O)O. The van der Waals surface area contributed by atoms with E-state index in [2.05, 4.69) is 47.9 Å². The summed E-state index contributed by atoms with van der Waals surface area (Å²) in [5.41, 5.74) is 1.35. The summed E-state index contributed by atoms with van der Waals surface area (Å²) >= 11 is 1.99. The number of aryl methyl sites for hydroxylation is 1. The maximum Gasteiger partial charge on any atom is 0.414 e. The maximum absolute atomic E-state index is 9.10. The van der Waals surface area contributed by atoms with Crippen molar-refractivity contribution in [2.24, 2.45) is 0 Å². The van der Waals surface area contributed by atoms with E-state index in [1.807, 2.05) is 11.8 Å². The smallest absolute Gasteiger partial charge is 0.414 e. The van der Waals surface area contributed by atoms with Gasteiger partial charge in [-0.15, -0.1) is 11.8 Å². The number of rotatable bonds is 6. The van der Waals surface area contributed by atoms with Gasteiger partial charge in [0.2, 0.25) is 0 Å². The second-order valence-electron chi connectivity index (χ2n) is 5.90. The van der Waals surface area contributed by atoms with Crippen LogP contribution in [0.2, 0.25) is 0 Å². The summed E-state index contributed by atoms with van der Waals surface area (Å²) in [5.74, 6) is -2.41. The van der Waals surface area contributed by atoms with Crippen molar-refractivity contribution in [2.75, 3.05) is 45.0 Å². The predicted octanol–water partition coefficient (Wildman–Crippen LogP) is 2.27. The van der Waals surface area contributed by atoms with Crippen LogP contribution < -0.4 is 0 Å². The molecule has 140 valence electrons. The van der Waals surface area contributed by atoms with Crippen molar-refractivity contribution >= 4 is 23.7 Å². The van der Waals surface area contributed by atoms with Crippen LogP contribution in [-0.2, 0) is 9.59 Å². The van der Waals surface area contributed by atoms with Gasteiger partial charge in [0.1, 0.15) is 0 Å².